The summed E-state index contributed by atoms with van der Waals surface area (Å²) in [6.45, 7) is 0.490. The fraction of sp³-hybridized carbons (Fsp3) is 0.308. The maximum absolute atomic E-state index is 13.1. The molecule has 39 heavy (non-hydrogen) atoms. The second-order valence-electron chi connectivity index (χ2n) is 8.81. The van der Waals surface area contributed by atoms with E-state index in [2.05, 4.69) is 20.4 Å². The number of H-pyrrole nitrogens is 1. The lowest BCUT2D eigenvalue weighted by Gasteiger charge is -2.23. The summed E-state index contributed by atoms with van der Waals surface area (Å²) >= 11 is 0. The molecular formula is C26H25F3N4O6. The molecule has 2 heterocycles. The second kappa shape index (κ2) is 12.0. The second-order valence-corrected chi connectivity index (χ2v) is 8.81. The molecule has 2 aromatic carbocycles. The largest absolute Gasteiger partial charge is 0.573 e. The Kier molecular flexibility index (Phi) is 8.49. The maximum Gasteiger partial charge on any atom is 0.573 e. The number of carbonyl (C=O) groups is 2. The van der Waals surface area contributed by atoms with Crippen LogP contribution in [0.25, 0.3) is 0 Å². The van der Waals surface area contributed by atoms with Crippen LogP contribution in [0.2, 0.25) is 0 Å². The lowest BCUT2D eigenvalue weighted by molar-refractivity contribution is -0.274. The first kappa shape index (κ1) is 27.6. The van der Waals surface area contributed by atoms with Crippen molar-refractivity contribution in [3.63, 3.8) is 0 Å². The number of nitrogens with zero attached hydrogens (tertiary/aromatic N) is 1. The number of ether oxygens (including phenoxy) is 2. The van der Waals surface area contributed by atoms with Crippen molar-refractivity contribution in [2.75, 3.05) is 13.2 Å². The first-order valence-electron chi connectivity index (χ1n) is 12.0. The van der Waals surface area contributed by atoms with Crippen LogP contribution in [0.3, 0.4) is 0 Å². The zero-order valence-corrected chi connectivity index (χ0v) is 20.5. The lowest BCUT2D eigenvalue weighted by atomic mass is 10.1. The molecule has 3 aromatic rings. The molecule has 0 unspecified atom stereocenters. The Morgan fingerprint density at radius 1 is 1.03 bits per heavy atom. The van der Waals surface area contributed by atoms with Gasteiger partial charge in [-0.25, -0.2) is 4.79 Å². The number of nitrogens with one attached hydrogen (secondary N) is 3. The molecule has 10 nitrogen and oxygen atoms in total. The molecule has 1 aromatic heterocycles. The minimum atomic E-state index is -5.05. The van der Waals surface area contributed by atoms with Gasteiger partial charge < -0.3 is 25.1 Å². The Hall–Kier alpha value is -4.39. The van der Waals surface area contributed by atoms with Crippen LogP contribution in [-0.2, 0) is 17.8 Å². The van der Waals surface area contributed by atoms with Crippen molar-refractivity contribution in [1.82, 2.24) is 20.2 Å². The third-order valence-electron chi connectivity index (χ3n) is 6.00. The first-order valence-corrected chi connectivity index (χ1v) is 12.0. The van der Waals surface area contributed by atoms with Gasteiger partial charge >= 0.3 is 12.1 Å². The molecule has 0 saturated carbocycles. The molecule has 0 aliphatic carbocycles. The smallest absolute Gasteiger partial charge is 0.405 e. The van der Waals surface area contributed by atoms with Gasteiger partial charge in [-0.05, 0) is 30.5 Å². The van der Waals surface area contributed by atoms with Crippen LogP contribution in [0.1, 0.15) is 44.8 Å². The standard InChI is InChI=1S/C26H25F3N4O6/c27-26(28,29)39-21-12-17(23(35)31-19-8-10-38-11-9-19)6-7-18(21)14-30-24(36)20-13-22(34)33(25(37)32-20)15-16-4-2-1-3-5-16/h1-7,12-13,19H,8-11,14-15H2,(H,30,36)(H,31,35)(H,32,37). The molecule has 0 spiro atoms. The quantitative estimate of drug-likeness (QED) is 0.398. The van der Waals surface area contributed by atoms with Crippen molar-refractivity contribution >= 4 is 11.8 Å². The molecule has 3 N–H and O–H groups in total. The average Bonchev–Trinajstić information content (AvgIpc) is 2.90. The van der Waals surface area contributed by atoms with Crippen molar-refractivity contribution in [2.45, 2.75) is 38.3 Å². The van der Waals surface area contributed by atoms with Gasteiger partial charge in [-0.15, -0.1) is 13.2 Å². The molecule has 0 radical (unpaired) electrons. The zero-order chi connectivity index (χ0) is 28.0. The number of alkyl halides is 3. The topological polar surface area (TPSA) is 132 Å². The lowest BCUT2D eigenvalue weighted by Crippen LogP contribution is -2.39. The molecule has 206 valence electrons. The highest BCUT2D eigenvalue weighted by Crippen LogP contribution is 2.28. The summed E-state index contributed by atoms with van der Waals surface area (Å²) < 4.78 is 49.5. The Labute approximate surface area is 219 Å². The fourth-order valence-electron chi connectivity index (χ4n) is 4.00. The number of halogens is 3. The van der Waals surface area contributed by atoms with Gasteiger partial charge in [-0.2, -0.15) is 0 Å². The van der Waals surface area contributed by atoms with Crippen molar-refractivity contribution in [2.24, 2.45) is 0 Å². The minimum absolute atomic E-state index is 0.0104. The van der Waals surface area contributed by atoms with Gasteiger partial charge in [-0.1, -0.05) is 36.4 Å². The molecule has 1 saturated heterocycles. The van der Waals surface area contributed by atoms with Crippen LogP contribution in [0.5, 0.6) is 5.75 Å². The molecule has 0 atom stereocenters. The van der Waals surface area contributed by atoms with E-state index in [0.717, 1.165) is 16.7 Å². The molecule has 4 rings (SSSR count). The van der Waals surface area contributed by atoms with Crippen molar-refractivity contribution in [3.05, 3.63) is 97.8 Å². The van der Waals surface area contributed by atoms with Gasteiger partial charge in [-0.3, -0.25) is 19.0 Å². The molecule has 1 aliphatic heterocycles. The number of aromatic amines is 1. The number of hydrogen-bond acceptors (Lipinski definition) is 6. The number of benzene rings is 2. The molecule has 0 bridgehead atoms. The number of amides is 2. The van der Waals surface area contributed by atoms with E-state index in [9.17, 15) is 32.3 Å². The molecular weight excluding hydrogens is 521 g/mol. The summed E-state index contributed by atoms with van der Waals surface area (Å²) in [5.41, 5.74) is -1.35. The van der Waals surface area contributed by atoms with Crippen molar-refractivity contribution in [3.8, 4) is 5.75 Å². The van der Waals surface area contributed by atoms with E-state index in [1.54, 1.807) is 30.3 Å². The Morgan fingerprint density at radius 3 is 2.41 bits per heavy atom. The van der Waals surface area contributed by atoms with Crippen LogP contribution < -0.4 is 26.6 Å². The molecule has 2 amide bonds. The van der Waals surface area contributed by atoms with Gasteiger partial charge in [0, 0.05) is 43.0 Å². The first-order chi connectivity index (χ1) is 18.6. The van der Waals surface area contributed by atoms with Crippen LogP contribution in [-0.4, -0.2) is 47.0 Å². The number of aromatic nitrogens is 2. The number of hydrogen-bond donors (Lipinski definition) is 3. The summed E-state index contributed by atoms with van der Waals surface area (Å²) in [5.74, 6) is -2.14. The highest BCUT2D eigenvalue weighted by atomic mass is 19.4. The van der Waals surface area contributed by atoms with E-state index in [4.69, 9.17) is 4.74 Å². The Morgan fingerprint density at radius 2 is 1.74 bits per heavy atom. The third kappa shape index (κ3) is 7.57. The van der Waals surface area contributed by atoms with Crippen molar-refractivity contribution < 1.29 is 32.2 Å². The average molecular weight is 547 g/mol. The highest BCUT2D eigenvalue weighted by molar-refractivity contribution is 5.95. The number of rotatable bonds is 8. The summed E-state index contributed by atoms with van der Waals surface area (Å²) in [6, 6.07) is 13.0. The van der Waals surface area contributed by atoms with Crippen LogP contribution >= 0.6 is 0 Å². The summed E-state index contributed by atoms with van der Waals surface area (Å²) in [7, 11) is 0. The SMILES string of the molecule is O=C(NC1CCOCC1)c1ccc(CNC(=O)c2cc(=O)n(Cc3ccccc3)c(=O)[nH]2)c(OC(F)(F)F)c1. The van der Waals surface area contributed by atoms with E-state index in [1.807, 2.05) is 0 Å². The maximum atomic E-state index is 13.1. The van der Waals surface area contributed by atoms with Crippen LogP contribution in [0.15, 0.2) is 64.2 Å². The number of carbonyl (C=O) groups excluding carboxylic acids is 2. The van der Waals surface area contributed by atoms with E-state index in [0.29, 0.717) is 31.6 Å². The van der Waals surface area contributed by atoms with Gasteiger partial charge in [0.2, 0.25) is 0 Å². The zero-order valence-electron chi connectivity index (χ0n) is 20.5. The van der Waals surface area contributed by atoms with E-state index < -0.39 is 41.7 Å². The predicted octanol–water partition coefficient (Wildman–Crippen LogP) is 2.32. The van der Waals surface area contributed by atoms with Gasteiger partial charge in [0.1, 0.15) is 11.4 Å². The minimum Gasteiger partial charge on any atom is -0.405 e. The van der Waals surface area contributed by atoms with Crippen molar-refractivity contribution in [1.29, 1.82) is 0 Å². The summed E-state index contributed by atoms with van der Waals surface area (Å²) in [4.78, 5) is 52.4. The Balaban J connectivity index is 1.48. The van der Waals surface area contributed by atoms with Gasteiger partial charge in [0.25, 0.3) is 17.4 Å². The van der Waals surface area contributed by atoms with E-state index >= 15 is 0 Å². The highest BCUT2D eigenvalue weighted by Gasteiger charge is 2.32. The fourth-order valence-corrected chi connectivity index (χ4v) is 4.00. The van der Waals surface area contributed by atoms with Crippen LogP contribution in [0.4, 0.5) is 13.2 Å². The summed E-state index contributed by atoms with van der Waals surface area (Å²) in [5, 5.41) is 5.12. The molecule has 1 fully saturated rings. The summed E-state index contributed by atoms with van der Waals surface area (Å²) in [6.07, 6.45) is -3.88. The van der Waals surface area contributed by atoms with E-state index in [1.165, 1.54) is 12.1 Å². The van der Waals surface area contributed by atoms with E-state index in [-0.39, 0.29) is 29.4 Å². The monoisotopic (exact) mass is 546 g/mol. The Bertz CT molecular complexity index is 1420. The van der Waals surface area contributed by atoms with Crippen LogP contribution in [0, 0.1) is 0 Å². The molecule has 13 heteroatoms. The van der Waals surface area contributed by atoms with Gasteiger partial charge in [0.15, 0.2) is 0 Å². The van der Waals surface area contributed by atoms with Gasteiger partial charge in [0.05, 0.1) is 6.54 Å². The predicted molar refractivity (Wildman–Crippen MR) is 132 cm³/mol. The molecule has 1 aliphatic rings. The normalized spacial score (nSPS) is 14.0. The third-order valence-corrected chi connectivity index (χ3v) is 6.00.